The van der Waals surface area contributed by atoms with Crippen LogP contribution in [0, 0.1) is 6.92 Å². The van der Waals surface area contributed by atoms with Crippen molar-refractivity contribution in [3.05, 3.63) is 41.5 Å². The van der Waals surface area contributed by atoms with Gasteiger partial charge in [-0.25, -0.2) is 0 Å². The molecule has 0 radical (unpaired) electrons. The molecule has 0 atom stereocenters. The first-order valence-corrected chi connectivity index (χ1v) is 4.11. The number of hydrogen-bond acceptors (Lipinski definition) is 1. The van der Waals surface area contributed by atoms with E-state index in [0.717, 1.165) is 5.56 Å². The summed E-state index contributed by atoms with van der Waals surface area (Å²) in [5.74, 6) is 0. The van der Waals surface area contributed by atoms with Crippen LogP contribution in [0.15, 0.2) is 24.8 Å². The van der Waals surface area contributed by atoms with Gasteiger partial charge in [0.15, 0.2) is 0 Å². The highest BCUT2D eigenvalue weighted by Gasteiger charge is 2.00. The van der Waals surface area contributed by atoms with E-state index >= 15 is 0 Å². The predicted octanol–water partition coefficient (Wildman–Crippen LogP) is 2.17. The van der Waals surface area contributed by atoms with E-state index in [1.54, 1.807) is 0 Å². The smallest absolute Gasteiger partial charge is 0.0471 e. The van der Waals surface area contributed by atoms with Crippen molar-refractivity contribution in [2.24, 2.45) is 0 Å². The maximum absolute atomic E-state index is 8.83. The summed E-state index contributed by atoms with van der Waals surface area (Å²) in [7, 11) is 0. The lowest BCUT2D eigenvalue weighted by molar-refractivity contribution is 0.299. The molecule has 0 amide bonds. The Kier molecular flexibility index (Phi) is 3.06. The van der Waals surface area contributed by atoms with Gasteiger partial charge >= 0.3 is 0 Å². The maximum atomic E-state index is 8.83. The van der Waals surface area contributed by atoms with Crippen molar-refractivity contribution >= 4 is 6.08 Å². The minimum atomic E-state index is 0.200. The van der Waals surface area contributed by atoms with Gasteiger partial charge in [-0.1, -0.05) is 30.9 Å². The van der Waals surface area contributed by atoms with Crippen molar-refractivity contribution < 1.29 is 5.11 Å². The second kappa shape index (κ2) is 4.07. The van der Waals surface area contributed by atoms with Crippen LogP contribution in [0.5, 0.6) is 0 Å². The van der Waals surface area contributed by atoms with Gasteiger partial charge in [-0.2, -0.15) is 0 Å². The standard InChI is InChI=1S/C11H14O/c1-3-10-6-4-5-9(2)11(10)7-8-12/h3-6,12H,1,7-8H2,2H3. The zero-order chi connectivity index (χ0) is 8.97. The van der Waals surface area contributed by atoms with Crippen molar-refractivity contribution in [2.75, 3.05) is 6.61 Å². The summed E-state index contributed by atoms with van der Waals surface area (Å²) < 4.78 is 0. The molecule has 0 aliphatic heterocycles. The molecule has 0 saturated heterocycles. The van der Waals surface area contributed by atoms with Crippen LogP contribution in [0.25, 0.3) is 6.08 Å². The predicted molar refractivity (Wildman–Crippen MR) is 52.1 cm³/mol. The van der Waals surface area contributed by atoms with Crippen LogP contribution in [0.2, 0.25) is 0 Å². The van der Waals surface area contributed by atoms with E-state index in [2.05, 4.69) is 19.6 Å². The van der Waals surface area contributed by atoms with Crippen molar-refractivity contribution in [1.29, 1.82) is 0 Å². The molecule has 1 N–H and O–H groups in total. The third-order valence-electron chi connectivity index (χ3n) is 2.03. The van der Waals surface area contributed by atoms with E-state index in [9.17, 15) is 0 Å². The van der Waals surface area contributed by atoms with Gasteiger partial charge in [0.2, 0.25) is 0 Å². The third kappa shape index (κ3) is 1.74. The van der Waals surface area contributed by atoms with Gasteiger partial charge in [0.25, 0.3) is 0 Å². The second-order valence-electron chi connectivity index (χ2n) is 2.82. The molecule has 64 valence electrons. The zero-order valence-electron chi connectivity index (χ0n) is 7.38. The minimum Gasteiger partial charge on any atom is -0.396 e. The maximum Gasteiger partial charge on any atom is 0.0471 e. The fourth-order valence-corrected chi connectivity index (χ4v) is 1.37. The lowest BCUT2D eigenvalue weighted by Crippen LogP contribution is -1.96. The van der Waals surface area contributed by atoms with E-state index in [0.29, 0.717) is 6.42 Å². The van der Waals surface area contributed by atoms with E-state index < -0.39 is 0 Å². The Labute approximate surface area is 73.4 Å². The van der Waals surface area contributed by atoms with Gasteiger partial charge in [0, 0.05) is 6.61 Å². The van der Waals surface area contributed by atoms with Gasteiger partial charge in [-0.3, -0.25) is 0 Å². The molecule has 1 aromatic rings. The monoisotopic (exact) mass is 162 g/mol. The Morgan fingerprint density at radius 3 is 2.83 bits per heavy atom. The van der Waals surface area contributed by atoms with Gasteiger partial charge in [-0.15, -0.1) is 0 Å². The number of aryl methyl sites for hydroxylation is 1. The molecule has 0 unspecified atom stereocenters. The molecule has 1 aromatic carbocycles. The number of hydrogen-bond donors (Lipinski definition) is 1. The fourth-order valence-electron chi connectivity index (χ4n) is 1.37. The van der Waals surface area contributed by atoms with Gasteiger partial charge in [0.05, 0.1) is 0 Å². The zero-order valence-corrected chi connectivity index (χ0v) is 7.38. The molecule has 0 aliphatic carbocycles. The van der Waals surface area contributed by atoms with Crippen molar-refractivity contribution in [2.45, 2.75) is 13.3 Å². The van der Waals surface area contributed by atoms with Crippen LogP contribution in [-0.4, -0.2) is 11.7 Å². The Hall–Kier alpha value is -1.08. The Bertz CT molecular complexity index is 276. The first-order valence-electron chi connectivity index (χ1n) is 4.11. The largest absolute Gasteiger partial charge is 0.396 e. The fraction of sp³-hybridized carbons (Fsp3) is 0.273. The third-order valence-corrected chi connectivity index (χ3v) is 2.03. The first kappa shape index (κ1) is 9.01. The average molecular weight is 162 g/mol. The first-order chi connectivity index (χ1) is 5.79. The summed E-state index contributed by atoms with van der Waals surface area (Å²) in [5.41, 5.74) is 3.56. The topological polar surface area (TPSA) is 20.2 Å². The molecule has 1 nitrogen and oxygen atoms in total. The highest BCUT2D eigenvalue weighted by Crippen LogP contribution is 2.15. The summed E-state index contributed by atoms with van der Waals surface area (Å²) in [6.45, 7) is 5.99. The quantitative estimate of drug-likeness (QED) is 0.722. The molecule has 0 fully saturated rings. The molecule has 12 heavy (non-hydrogen) atoms. The van der Waals surface area contributed by atoms with Crippen molar-refractivity contribution in [3.8, 4) is 0 Å². The van der Waals surface area contributed by atoms with Gasteiger partial charge < -0.3 is 5.11 Å². The molecule has 1 heteroatoms. The molecule has 0 bridgehead atoms. The Balaban J connectivity index is 3.10. The van der Waals surface area contributed by atoms with Crippen LogP contribution in [0.4, 0.5) is 0 Å². The van der Waals surface area contributed by atoms with Crippen LogP contribution in [0.3, 0.4) is 0 Å². The van der Waals surface area contributed by atoms with Crippen LogP contribution >= 0.6 is 0 Å². The Morgan fingerprint density at radius 1 is 1.50 bits per heavy atom. The highest BCUT2D eigenvalue weighted by molar-refractivity contribution is 5.54. The SMILES string of the molecule is C=Cc1cccc(C)c1CCO. The van der Waals surface area contributed by atoms with Gasteiger partial charge in [0.1, 0.15) is 0 Å². The van der Waals surface area contributed by atoms with Crippen molar-refractivity contribution in [3.63, 3.8) is 0 Å². The van der Waals surface area contributed by atoms with E-state index in [4.69, 9.17) is 5.11 Å². The van der Waals surface area contributed by atoms with Crippen LogP contribution in [0.1, 0.15) is 16.7 Å². The molecular formula is C11H14O. The lowest BCUT2D eigenvalue weighted by atomic mass is 9.99. The van der Waals surface area contributed by atoms with E-state index in [1.807, 2.05) is 18.2 Å². The molecule has 0 spiro atoms. The molecule has 0 aliphatic rings. The Morgan fingerprint density at radius 2 is 2.25 bits per heavy atom. The molecule has 1 rings (SSSR count). The summed E-state index contributed by atoms with van der Waals surface area (Å²) >= 11 is 0. The normalized spacial score (nSPS) is 9.83. The number of benzene rings is 1. The summed E-state index contributed by atoms with van der Waals surface area (Å²) in [5, 5.41) is 8.83. The lowest BCUT2D eigenvalue weighted by Gasteiger charge is -2.07. The molecular weight excluding hydrogens is 148 g/mol. The molecule has 0 aromatic heterocycles. The average Bonchev–Trinajstić information content (AvgIpc) is 2.09. The van der Waals surface area contributed by atoms with E-state index in [-0.39, 0.29) is 6.61 Å². The van der Waals surface area contributed by atoms with E-state index in [1.165, 1.54) is 11.1 Å². The summed E-state index contributed by atoms with van der Waals surface area (Å²) in [6, 6.07) is 6.08. The summed E-state index contributed by atoms with van der Waals surface area (Å²) in [6.07, 6.45) is 2.55. The number of rotatable bonds is 3. The number of aliphatic hydroxyl groups is 1. The summed E-state index contributed by atoms with van der Waals surface area (Å²) in [4.78, 5) is 0. The number of aliphatic hydroxyl groups excluding tert-OH is 1. The minimum absolute atomic E-state index is 0.200. The van der Waals surface area contributed by atoms with Crippen molar-refractivity contribution in [1.82, 2.24) is 0 Å². The molecule has 0 heterocycles. The molecule has 0 saturated carbocycles. The highest BCUT2D eigenvalue weighted by atomic mass is 16.2. The van der Waals surface area contributed by atoms with Gasteiger partial charge in [-0.05, 0) is 30.0 Å². The van der Waals surface area contributed by atoms with Crippen LogP contribution in [-0.2, 0) is 6.42 Å². The second-order valence-corrected chi connectivity index (χ2v) is 2.82. The van der Waals surface area contributed by atoms with Crippen LogP contribution < -0.4 is 0 Å².